The van der Waals surface area contributed by atoms with Crippen molar-refractivity contribution in [1.82, 2.24) is 4.90 Å². The van der Waals surface area contributed by atoms with Crippen LogP contribution in [0.1, 0.15) is 26.7 Å². The van der Waals surface area contributed by atoms with E-state index in [-0.39, 0.29) is 6.61 Å². The van der Waals surface area contributed by atoms with E-state index in [2.05, 4.69) is 18.7 Å². The van der Waals surface area contributed by atoms with Crippen molar-refractivity contribution in [3.8, 4) is 0 Å². The van der Waals surface area contributed by atoms with Crippen molar-refractivity contribution in [1.29, 1.82) is 0 Å². The summed E-state index contributed by atoms with van der Waals surface area (Å²) in [5, 5.41) is 9.19. The Morgan fingerprint density at radius 1 is 1.46 bits per heavy atom. The number of methoxy groups -OCH3 is 1. The van der Waals surface area contributed by atoms with Crippen LogP contribution in [0.25, 0.3) is 0 Å². The summed E-state index contributed by atoms with van der Waals surface area (Å²) in [7, 11) is 1.77. The minimum atomic E-state index is 0.272. The van der Waals surface area contributed by atoms with Gasteiger partial charge in [0.05, 0.1) is 12.7 Å². The van der Waals surface area contributed by atoms with Crippen LogP contribution in [0.3, 0.4) is 0 Å². The molecule has 0 bridgehead atoms. The molecule has 2 atom stereocenters. The van der Waals surface area contributed by atoms with Gasteiger partial charge in [0, 0.05) is 25.7 Å². The van der Waals surface area contributed by atoms with E-state index in [1.54, 1.807) is 7.11 Å². The summed E-state index contributed by atoms with van der Waals surface area (Å²) >= 11 is 0. The first-order valence-electron chi connectivity index (χ1n) is 5.08. The van der Waals surface area contributed by atoms with Crippen molar-refractivity contribution in [2.45, 2.75) is 44.9 Å². The second-order valence-electron chi connectivity index (χ2n) is 4.06. The molecule has 0 aromatic heterocycles. The Hall–Kier alpha value is -0.120. The molecule has 0 saturated carbocycles. The van der Waals surface area contributed by atoms with Crippen LogP contribution < -0.4 is 0 Å². The monoisotopic (exact) mass is 187 g/mol. The Morgan fingerprint density at radius 2 is 2.15 bits per heavy atom. The molecule has 3 nitrogen and oxygen atoms in total. The lowest BCUT2D eigenvalue weighted by Gasteiger charge is -2.40. The summed E-state index contributed by atoms with van der Waals surface area (Å²) in [5.74, 6) is 0. The Bertz CT molecular complexity index is 150. The fourth-order valence-corrected chi connectivity index (χ4v) is 2.04. The molecule has 1 N–H and O–H groups in total. The topological polar surface area (TPSA) is 32.7 Å². The van der Waals surface area contributed by atoms with E-state index in [1.165, 1.54) is 0 Å². The van der Waals surface area contributed by atoms with E-state index in [0.29, 0.717) is 18.2 Å². The van der Waals surface area contributed by atoms with Gasteiger partial charge in [-0.1, -0.05) is 0 Å². The summed E-state index contributed by atoms with van der Waals surface area (Å²) in [4.78, 5) is 2.33. The van der Waals surface area contributed by atoms with Gasteiger partial charge >= 0.3 is 0 Å². The average Bonchev–Trinajstić information content (AvgIpc) is 2.16. The summed E-state index contributed by atoms with van der Waals surface area (Å²) in [6, 6.07) is 0.835. The van der Waals surface area contributed by atoms with Gasteiger partial charge in [0.2, 0.25) is 0 Å². The molecule has 0 aromatic carbocycles. The predicted molar refractivity (Wildman–Crippen MR) is 52.7 cm³/mol. The van der Waals surface area contributed by atoms with E-state index in [0.717, 1.165) is 19.4 Å². The van der Waals surface area contributed by atoms with Gasteiger partial charge < -0.3 is 9.84 Å². The van der Waals surface area contributed by atoms with Gasteiger partial charge in [0.25, 0.3) is 0 Å². The molecule has 0 unspecified atom stereocenters. The fourth-order valence-electron chi connectivity index (χ4n) is 2.04. The van der Waals surface area contributed by atoms with Crippen LogP contribution in [0.2, 0.25) is 0 Å². The zero-order valence-electron chi connectivity index (χ0n) is 8.86. The summed E-state index contributed by atoms with van der Waals surface area (Å²) in [6.45, 7) is 5.56. The third kappa shape index (κ3) is 2.66. The molecule has 13 heavy (non-hydrogen) atoms. The van der Waals surface area contributed by atoms with Crippen LogP contribution in [0.15, 0.2) is 0 Å². The van der Waals surface area contributed by atoms with E-state index in [4.69, 9.17) is 4.74 Å². The first kappa shape index (κ1) is 11.0. The van der Waals surface area contributed by atoms with Crippen LogP contribution >= 0.6 is 0 Å². The number of ether oxygens (including phenoxy) is 1. The normalized spacial score (nSPS) is 31.2. The third-order valence-corrected chi connectivity index (χ3v) is 2.91. The fraction of sp³-hybridized carbons (Fsp3) is 1.00. The maximum atomic E-state index is 9.19. The molecule has 0 amide bonds. The highest BCUT2D eigenvalue weighted by atomic mass is 16.5. The number of aliphatic hydroxyl groups is 1. The number of hydrogen-bond acceptors (Lipinski definition) is 3. The van der Waals surface area contributed by atoms with E-state index >= 15 is 0 Å². The van der Waals surface area contributed by atoms with Crippen molar-refractivity contribution >= 4 is 0 Å². The van der Waals surface area contributed by atoms with Crippen LogP contribution in [0, 0.1) is 0 Å². The van der Waals surface area contributed by atoms with Gasteiger partial charge in [0.1, 0.15) is 0 Å². The van der Waals surface area contributed by atoms with Crippen LogP contribution in [0.4, 0.5) is 0 Å². The molecule has 1 fully saturated rings. The highest BCUT2D eigenvalue weighted by Crippen LogP contribution is 2.20. The highest BCUT2D eigenvalue weighted by molar-refractivity contribution is 4.83. The SMILES string of the molecule is CO[C@H]1CC[C@@H](CO)N(C(C)C)C1. The second-order valence-corrected chi connectivity index (χ2v) is 4.06. The van der Waals surface area contributed by atoms with Gasteiger partial charge in [0.15, 0.2) is 0 Å². The van der Waals surface area contributed by atoms with E-state index in [1.807, 2.05) is 0 Å². The lowest BCUT2D eigenvalue weighted by Crippen LogP contribution is -2.50. The maximum absolute atomic E-state index is 9.19. The Labute approximate surface area is 80.7 Å². The molecule has 0 radical (unpaired) electrons. The highest BCUT2D eigenvalue weighted by Gasteiger charge is 2.28. The minimum Gasteiger partial charge on any atom is -0.395 e. The zero-order chi connectivity index (χ0) is 9.84. The van der Waals surface area contributed by atoms with E-state index in [9.17, 15) is 5.11 Å². The second kappa shape index (κ2) is 4.94. The molecule has 1 rings (SSSR count). The molecule has 1 aliphatic heterocycles. The zero-order valence-corrected chi connectivity index (χ0v) is 8.86. The minimum absolute atomic E-state index is 0.272. The first-order chi connectivity index (χ1) is 6.19. The largest absolute Gasteiger partial charge is 0.395 e. The quantitative estimate of drug-likeness (QED) is 0.711. The molecule has 1 aliphatic rings. The van der Waals surface area contributed by atoms with Crippen molar-refractivity contribution in [3.05, 3.63) is 0 Å². The smallest absolute Gasteiger partial charge is 0.0699 e. The Kier molecular flexibility index (Phi) is 4.16. The van der Waals surface area contributed by atoms with Gasteiger partial charge in [-0.3, -0.25) is 4.90 Å². The predicted octanol–water partition coefficient (Wildman–Crippen LogP) is 0.866. The Balaban J connectivity index is 2.52. The summed E-state index contributed by atoms with van der Waals surface area (Å²) in [5.41, 5.74) is 0. The molecule has 3 heteroatoms. The number of rotatable bonds is 3. The number of piperidine rings is 1. The van der Waals surface area contributed by atoms with Crippen LogP contribution in [-0.2, 0) is 4.74 Å². The molecule has 1 saturated heterocycles. The third-order valence-electron chi connectivity index (χ3n) is 2.91. The number of aliphatic hydroxyl groups excluding tert-OH is 1. The molecular formula is C10H21NO2. The molecule has 0 spiro atoms. The standard InChI is InChI=1S/C10H21NO2/c1-8(2)11-6-10(13-3)5-4-9(11)7-12/h8-10,12H,4-7H2,1-3H3/t9-,10-/m0/s1. The van der Waals surface area contributed by atoms with Gasteiger partial charge in [-0.15, -0.1) is 0 Å². The molecule has 78 valence electrons. The van der Waals surface area contributed by atoms with Crippen molar-refractivity contribution in [2.75, 3.05) is 20.3 Å². The number of likely N-dealkylation sites (tertiary alicyclic amines) is 1. The Morgan fingerprint density at radius 3 is 2.62 bits per heavy atom. The van der Waals surface area contributed by atoms with Gasteiger partial charge in [-0.2, -0.15) is 0 Å². The van der Waals surface area contributed by atoms with Crippen LogP contribution in [-0.4, -0.2) is 48.5 Å². The number of hydrogen-bond donors (Lipinski definition) is 1. The molecule has 1 heterocycles. The summed E-state index contributed by atoms with van der Waals surface area (Å²) in [6.07, 6.45) is 2.48. The lowest BCUT2D eigenvalue weighted by molar-refractivity contribution is -0.0229. The molecule has 0 aromatic rings. The maximum Gasteiger partial charge on any atom is 0.0699 e. The molecule has 0 aliphatic carbocycles. The van der Waals surface area contributed by atoms with Gasteiger partial charge in [-0.25, -0.2) is 0 Å². The number of nitrogens with zero attached hydrogens (tertiary/aromatic N) is 1. The van der Waals surface area contributed by atoms with Gasteiger partial charge in [-0.05, 0) is 26.7 Å². The van der Waals surface area contributed by atoms with E-state index < -0.39 is 0 Å². The average molecular weight is 187 g/mol. The molecular weight excluding hydrogens is 166 g/mol. The first-order valence-corrected chi connectivity index (χ1v) is 5.08. The summed E-state index contributed by atoms with van der Waals surface area (Å²) < 4.78 is 5.34. The lowest BCUT2D eigenvalue weighted by atomic mass is 9.99. The van der Waals surface area contributed by atoms with Crippen LogP contribution in [0.5, 0.6) is 0 Å². The van der Waals surface area contributed by atoms with Crippen molar-refractivity contribution in [2.24, 2.45) is 0 Å². The van der Waals surface area contributed by atoms with Crippen molar-refractivity contribution in [3.63, 3.8) is 0 Å². The van der Waals surface area contributed by atoms with Crippen molar-refractivity contribution < 1.29 is 9.84 Å².